The van der Waals surface area contributed by atoms with Crippen LogP contribution >= 0.6 is 15.9 Å². The third kappa shape index (κ3) is 4.32. The van der Waals surface area contributed by atoms with Crippen LogP contribution < -0.4 is 10.5 Å². The van der Waals surface area contributed by atoms with Crippen LogP contribution in [0.4, 0.5) is 0 Å². The van der Waals surface area contributed by atoms with Crippen LogP contribution in [0.1, 0.15) is 38.3 Å². The topological polar surface area (TPSA) is 35.2 Å². The van der Waals surface area contributed by atoms with Crippen LogP contribution in [0.25, 0.3) is 0 Å². The number of hydrogen-bond donors (Lipinski definition) is 1. The van der Waals surface area contributed by atoms with Crippen LogP contribution in [-0.2, 0) is 6.42 Å². The molecule has 2 unspecified atom stereocenters. The van der Waals surface area contributed by atoms with Crippen molar-refractivity contribution in [3.05, 3.63) is 27.7 Å². The van der Waals surface area contributed by atoms with Crippen LogP contribution in [0.3, 0.4) is 0 Å². The first-order valence-corrected chi connectivity index (χ1v) is 6.94. The molecule has 0 aliphatic heterocycles. The Labute approximate surface area is 113 Å². The Morgan fingerprint density at radius 1 is 1.35 bits per heavy atom. The van der Waals surface area contributed by atoms with Crippen molar-refractivity contribution in [2.24, 2.45) is 5.73 Å². The highest BCUT2D eigenvalue weighted by molar-refractivity contribution is 9.10. The van der Waals surface area contributed by atoms with Crippen LogP contribution in [-0.4, -0.2) is 12.1 Å². The molecule has 1 rings (SSSR count). The van der Waals surface area contributed by atoms with Crippen molar-refractivity contribution >= 4 is 15.9 Å². The first-order chi connectivity index (χ1) is 7.93. The Morgan fingerprint density at radius 3 is 2.53 bits per heavy atom. The molecule has 96 valence electrons. The maximum Gasteiger partial charge on any atom is 0.125 e. The summed E-state index contributed by atoms with van der Waals surface area (Å²) in [4.78, 5) is 0. The van der Waals surface area contributed by atoms with Crippen molar-refractivity contribution in [1.82, 2.24) is 0 Å². The standard InChI is InChI=1S/C14H22BrNO/c1-5-11(4)17-14-9(2)6-13(15)8-12(14)7-10(3)16/h6,8,10-11H,5,7,16H2,1-4H3. The Bertz CT molecular complexity index is 377. The predicted octanol–water partition coefficient (Wildman–Crippen LogP) is 3.82. The van der Waals surface area contributed by atoms with Crippen LogP contribution in [0.5, 0.6) is 5.75 Å². The minimum Gasteiger partial charge on any atom is -0.490 e. The van der Waals surface area contributed by atoms with Gasteiger partial charge in [0.1, 0.15) is 5.75 Å². The molecule has 0 aliphatic rings. The monoisotopic (exact) mass is 299 g/mol. The summed E-state index contributed by atoms with van der Waals surface area (Å²) in [5.41, 5.74) is 8.24. The van der Waals surface area contributed by atoms with Crippen LogP contribution in [0, 0.1) is 6.92 Å². The van der Waals surface area contributed by atoms with E-state index in [0.717, 1.165) is 28.6 Å². The molecule has 2 nitrogen and oxygen atoms in total. The van der Waals surface area contributed by atoms with E-state index in [0.29, 0.717) is 0 Å². The minimum absolute atomic E-state index is 0.142. The average Bonchev–Trinajstić information content (AvgIpc) is 2.21. The molecule has 0 saturated heterocycles. The maximum atomic E-state index is 6.00. The number of benzene rings is 1. The Morgan fingerprint density at radius 2 is 2.00 bits per heavy atom. The van der Waals surface area contributed by atoms with Crippen molar-refractivity contribution < 1.29 is 4.74 Å². The van der Waals surface area contributed by atoms with Crippen molar-refractivity contribution in [2.75, 3.05) is 0 Å². The maximum absolute atomic E-state index is 6.00. The third-order valence-electron chi connectivity index (χ3n) is 2.75. The van der Waals surface area contributed by atoms with E-state index in [2.05, 4.69) is 48.8 Å². The van der Waals surface area contributed by atoms with Crippen molar-refractivity contribution in [3.8, 4) is 5.75 Å². The average molecular weight is 300 g/mol. The van der Waals surface area contributed by atoms with Gasteiger partial charge in [0, 0.05) is 10.5 Å². The molecule has 0 heterocycles. The van der Waals surface area contributed by atoms with Gasteiger partial charge < -0.3 is 10.5 Å². The number of rotatable bonds is 5. The second-order valence-electron chi connectivity index (χ2n) is 4.73. The molecule has 0 saturated carbocycles. The summed E-state index contributed by atoms with van der Waals surface area (Å²) in [6, 6.07) is 4.33. The van der Waals surface area contributed by atoms with Gasteiger partial charge in [-0.15, -0.1) is 0 Å². The summed E-state index contributed by atoms with van der Waals surface area (Å²) in [7, 11) is 0. The van der Waals surface area contributed by atoms with E-state index >= 15 is 0 Å². The van der Waals surface area contributed by atoms with Gasteiger partial charge in [-0.25, -0.2) is 0 Å². The zero-order valence-corrected chi connectivity index (χ0v) is 12.7. The molecule has 1 aromatic rings. The van der Waals surface area contributed by atoms with E-state index in [1.165, 1.54) is 5.56 Å². The van der Waals surface area contributed by atoms with E-state index in [4.69, 9.17) is 10.5 Å². The number of halogens is 1. The number of nitrogens with two attached hydrogens (primary N) is 1. The second kappa shape index (κ2) is 6.41. The fourth-order valence-electron chi connectivity index (χ4n) is 1.75. The molecule has 0 spiro atoms. The van der Waals surface area contributed by atoms with Crippen LogP contribution in [0.2, 0.25) is 0 Å². The number of aryl methyl sites for hydroxylation is 1. The molecule has 0 amide bonds. The van der Waals surface area contributed by atoms with Gasteiger partial charge in [-0.1, -0.05) is 22.9 Å². The normalized spacial score (nSPS) is 14.5. The molecule has 2 N–H and O–H groups in total. The highest BCUT2D eigenvalue weighted by Gasteiger charge is 2.12. The van der Waals surface area contributed by atoms with Gasteiger partial charge in [-0.05, 0) is 56.9 Å². The molecule has 0 radical (unpaired) electrons. The fraction of sp³-hybridized carbons (Fsp3) is 0.571. The van der Waals surface area contributed by atoms with E-state index in [9.17, 15) is 0 Å². The predicted molar refractivity (Wildman–Crippen MR) is 76.6 cm³/mol. The smallest absolute Gasteiger partial charge is 0.125 e. The van der Waals surface area contributed by atoms with Gasteiger partial charge in [0.2, 0.25) is 0 Å². The quantitative estimate of drug-likeness (QED) is 0.897. The zero-order valence-electron chi connectivity index (χ0n) is 11.1. The first-order valence-electron chi connectivity index (χ1n) is 6.15. The summed E-state index contributed by atoms with van der Waals surface area (Å²) >= 11 is 3.52. The van der Waals surface area contributed by atoms with Crippen molar-refractivity contribution in [2.45, 2.75) is 52.7 Å². The molecule has 0 aliphatic carbocycles. The summed E-state index contributed by atoms with van der Waals surface area (Å²) < 4.78 is 7.09. The Hall–Kier alpha value is -0.540. The molecule has 2 atom stereocenters. The molecule has 17 heavy (non-hydrogen) atoms. The first kappa shape index (κ1) is 14.5. The Balaban J connectivity index is 3.06. The lowest BCUT2D eigenvalue weighted by Gasteiger charge is -2.20. The summed E-state index contributed by atoms with van der Waals surface area (Å²) in [6.45, 7) is 8.32. The molecule has 3 heteroatoms. The van der Waals surface area contributed by atoms with Crippen molar-refractivity contribution in [3.63, 3.8) is 0 Å². The van der Waals surface area contributed by atoms with Gasteiger partial charge in [-0.2, -0.15) is 0 Å². The molecular weight excluding hydrogens is 278 g/mol. The molecule has 0 aromatic heterocycles. The molecular formula is C14H22BrNO. The van der Waals surface area contributed by atoms with E-state index < -0.39 is 0 Å². The Kier molecular flexibility index (Phi) is 5.47. The third-order valence-corrected chi connectivity index (χ3v) is 3.21. The fourth-order valence-corrected chi connectivity index (χ4v) is 2.37. The second-order valence-corrected chi connectivity index (χ2v) is 5.64. The highest BCUT2D eigenvalue weighted by atomic mass is 79.9. The number of ether oxygens (including phenoxy) is 1. The van der Waals surface area contributed by atoms with Crippen molar-refractivity contribution in [1.29, 1.82) is 0 Å². The lowest BCUT2D eigenvalue weighted by atomic mass is 10.0. The summed E-state index contributed by atoms with van der Waals surface area (Å²) in [5.74, 6) is 1.000. The van der Waals surface area contributed by atoms with E-state index in [-0.39, 0.29) is 12.1 Å². The lowest BCUT2D eigenvalue weighted by Crippen LogP contribution is -2.20. The minimum atomic E-state index is 0.142. The van der Waals surface area contributed by atoms with Gasteiger partial charge in [0.05, 0.1) is 6.10 Å². The molecule has 0 bridgehead atoms. The van der Waals surface area contributed by atoms with Crippen LogP contribution in [0.15, 0.2) is 16.6 Å². The molecule has 0 fully saturated rings. The van der Waals surface area contributed by atoms with E-state index in [1.54, 1.807) is 0 Å². The summed E-state index contributed by atoms with van der Waals surface area (Å²) in [5, 5.41) is 0. The molecule has 1 aromatic carbocycles. The largest absolute Gasteiger partial charge is 0.490 e. The lowest BCUT2D eigenvalue weighted by molar-refractivity contribution is 0.213. The van der Waals surface area contributed by atoms with Gasteiger partial charge in [-0.3, -0.25) is 0 Å². The van der Waals surface area contributed by atoms with E-state index in [1.807, 2.05) is 6.92 Å². The number of hydrogen-bond acceptors (Lipinski definition) is 2. The zero-order chi connectivity index (χ0) is 13.0. The van der Waals surface area contributed by atoms with Gasteiger partial charge in [0.15, 0.2) is 0 Å². The SMILES string of the molecule is CCC(C)Oc1c(C)cc(Br)cc1CC(C)N. The summed E-state index contributed by atoms with van der Waals surface area (Å²) in [6.07, 6.45) is 2.08. The van der Waals surface area contributed by atoms with Gasteiger partial charge in [0.25, 0.3) is 0 Å². The highest BCUT2D eigenvalue weighted by Crippen LogP contribution is 2.30. The van der Waals surface area contributed by atoms with Gasteiger partial charge >= 0.3 is 0 Å².